The van der Waals surface area contributed by atoms with Gasteiger partial charge in [0, 0.05) is 15.4 Å². The van der Waals surface area contributed by atoms with E-state index in [0.29, 0.717) is 5.70 Å². The van der Waals surface area contributed by atoms with Crippen LogP contribution in [0.25, 0.3) is 5.70 Å². The van der Waals surface area contributed by atoms with Crippen LogP contribution in [0.1, 0.15) is 5.56 Å². The predicted molar refractivity (Wildman–Crippen MR) is 86.8 cm³/mol. The molecule has 6 heteroatoms. The summed E-state index contributed by atoms with van der Waals surface area (Å²) in [5.41, 5.74) is 17.4. The Bertz CT molecular complexity index is 735. The number of rotatable bonds is 3. The molecule has 0 radical (unpaired) electrons. The normalized spacial score (nSPS) is 11.6. The van der Waals surface area contributed by atoms with Gasteiger partial charge in [0.05, 0.1) is 17.1 Å². The fourth-order valence-corrected chi connectivity index (χ4v) is 3.02. The summed E-state index contributed by atoms with van der Waals surface area (Å²) in [6.45, 7) is 3.96. The summed E-state index contributed by atoms with van der Waals surface area (Å²) < 4.78 is 0. The van der Waals surface area contributed by atoms with Crippen LogP contribution in [0.15, 0.2) is 58.8 Å². The molecule has 0 aliphatic carbocycles. The summed E-state index contributed by atoms with van der Waals surface area (Å²) in [6.07, 6.45) is 0. The number of guanidine groups is 1. The van der Waals surface area contributed by atoms with Gasteiger partial charge in [-0.2, -0.15) is 5.10 Å². The van der Waals surface area contributed by atoms with Crippen LogP contribution in [0, 0.1) is 0 Å². The molecule has 5 nitrogen and oxygen atoms in total. The van der Waals surface area contributed by atoms with Crippen LogP contribution in [0.5, 0.6) is 0 Å². The van der Waals surface area contributed by atoms with E-state index in [1.165, 1.54) is 9.79 Å². The smallest absolute Gasteiger partial charge is 0.354 e. The second kappa shape index (κ2) is 5.41. The summed E-state index contributed by atoms with van der Waals surface area (Å²) in [7, 11) is 0. The summed E-state index contributed by atoms with van der Waals surface area (Å²) in [6, 6.07) is 14.3. The SMILES string of the molecule is C=C(N[NH+]=C(N)N)c1ccc2c(c1)Nc1ccccc1S2. The number of hydrogen-bond donors (Lipinski definition) is 5. The highest BCUT2D eigenvalue weighted by atomic mass is 32.2. The molecular formula is C15H16N5S+. The van der Waals surface area contributed by atoms with Gasteiger partial charge in [-0.1, -0.05) is 36.5 Å². The van der Waals surface area contributed by atoms with Gasteiger partial charge in [0.2, 0.25) is 0 Å². The van der Waals surface area contributed by atoms with E-state index in [1.807, 2.05) is 24.3 Å². The largest absolute Gasteiger partial charge is 0.360 e. The van der Waals surface area contributed by atoms with Crippen LogP contribution in [-0.4, -0.2) is 5.96 Å². The lowest BCUT2D eigenvalue weighted by molar-refractivity contribution is -0.511. The van der Waals surface area contributed by atoms with E-state index in [1.54, 1.807) is 11.8 Å². The molecule has 0 spiro atoms. The maximum Gasteiger partial charge on any atom is 0.360 e. The first kappa shape index (κ1) is 13.4. The van der Waals surface area contributed by atoms with Gasteiger partial charge in [-0.05, 0) is 24.3 Å². The molecule has 7 N–H and O–H groups in total. The summed E-state index contributed by atoms with van der Waals surface area (Å²) in [5, 5.41) is 6.07. The maximum absolute atomic E-state index is 5.35. The van der Waals surface area contributed by atoms with Gasteiger partial charge in [0.1, 0.15) is 0 Å². The molecular weight excluding hydrogens is 282 g/mol. The molecule has 0 fully saturated rings. The minimum absolute atomic E-state index is 0.0942. The van der Waals surface area contributed by atoms with Crippen molar-refractivity contribution in [2.45, 2.75) is 9.79 Å². The topological polar surface area (TPSA) is 90.1 Å². The van der Waals surface area contributed by atoms with Crippen molar-refractivity contribution < 1.29 is 5.10 Å². The summed E-state index contributed by atoms with van der Waals surface area (Å²) in [5.74, 6) is 0.0942. The Morgan fingerprint density at radius 3 is 2.67 bits per heavy atom. The Labute approximate surface area is 127 Å². The van der Waals surface area contributed by atoms with Crippen LogP contribution in [0.4, 0.5) is 11.4 Å². The number of anilines is 2. The Morgan fingerprint density at radius 1 is 1.10 bits per heavy atom. The fraction of sp³-hybridized carbons (Fsp3) is 0. The summed E-state index contributed by atoms with van der Waals surface area (Å²) in [4.78, 5) is 2.41. The molecule has 0 aromatic heterocycles. The van der Waals surface area contributed by atoms with Gasteiger partial charge in [-0.15, -0.1) is 0 Å². The van der Waals surface area contributed by atoms with Gasteiger partial charge in [0.15, 0.2) is 0 Å². The van der Waals surface area contributed by atoms with Crippen molar-refractivity contribution >= 4 is 34.8 Å². The lowest BCUT2D eigenvalue weighted by Crippen LogP contribution is -2.85. The van der Waals surface area contributed by atoms with Crippen molar-refractivity contribution in [1.82, 2.24) is 5.43 Å². The number of para-hydroxylation sites is 1. The lowest BCUT2D eigenvalue weighted by Gasteiger charge is -2.21. The van der Waals surface area contributed by atoms with E-state index in [4.69, 9.17) is 11.5 Å². The van der Waals surface area contributed by atoms with E-state index in [0.717, 1.165) is 16.9 Å². The van der Waals surface area contributed by atoms with Crippen LogP contribution >= 0.6 is 11.8 Å². The van der Waals surface area contributed by atoms with Gasteiger partial charge < -0.3 is 5.32 Å². The molecule has 1 heterocycles. The highest BCUT2D eigenvalue weighted by Crippen LogP contribution is 2.44. The maximum atomic E-state index is 5.35. The molecule has 2 aromatic rings. The van der Waals surface area contributed by atoms with E-state index < -0.39 is 0 Å². The molecule has 0 atom stereocenters. The first-order valence-corrected chi connectivity index (χ1v) is 7.22. The molecule has 21 heavy (non-hydrogen) atoms. The zero-order valence-corrected chi connectivity index (χ0v) is 12.1. The number of nitrogens with two attached hydrogens (primary N) is 2. The molecule has 0 bridgehead atoms. The Balaban J connectivity index is 1.87. The van der Waals surface area contributed by atoms with E-state index >= 15 is 0 Å². The second-order valence-corrected chi connectivity index (χ2v) is 5.70. The molecule has 0 unspecified atom stereocenters. The zero-order valence-electron chi connectivity index (χ0n) is 11.3. The van der Waals surface area contributed by atoms with Crippen molar-refractivity contribution in [3.8, 4) is 0 Å². The van der Waals surface area contributed by atoms with Gasteiger partial charge in [0.25, 0.3) is 0 Å². The Hall–Kier alpha value is -2.60. The van der Waals surface area contributed by atoms with E-state index in [2.05, 4.69) is 40.6 Å². The average molecular weight is 298 g/mol. The highest BCUT2D eigenvalue weighted by molar-refractivity contribution is 7.99. The molecule has 0 amide bonds. The minimum Gasteiger partial charge on any atom is -0.354 e. The molecule has 2 aromatic carbocycles. The van der Waals surface area contributed by atoms with Crippen molar-refractivity contribution in [1.29, 1.82) is 0 Å². The monoisotopic (exact) mass is 298 g/mol. The zero-order chi connectivity index (χ0) is 14.8. The van der Waals surface area contributed by atoms with E-state index in [-0.39, 0.29) is 5.96 Å². The van der Waals surface area contributed by atoms with Crippen LogP contribution < -0.4 is 27.3 Å². The summed E-state index contributed by atoms with van der Waals surface area (Å²) >= 11 is 1.75. The third-order valence-electron chi connectivity index (χ3n) is 3.06. The highest BCUT2D eigenvalue weighted by Gasteiger charge is 2.15. The van der Waals surface area contributed by atoms with Gasteiger partial charge >= 0.3 is 5.96 Å². The number of benzene rings is 2. The number of nitrogens with one attached hydrogen (secondary N) is 3. The average Bonchev–Trinajstić information content (AvgIpc) is 2.50. The van der Waals surface area contributed by atoms with Crippen molar-refractivity contribution in [2.75, 3.05) is 5.32 Å². The Kier molecular flexibility index (Phi) is 3.45. The minimum atomic E-state index is 0.0942. The van der Waals surface area contributed by atoms with Crippen molar-refractivity contribution in [3.63, 3.8) is 0 Å². The van der Waals surface area contributed by atoms with Crippen molar-refractivity contribution in [2.24, 2.45) is 11.5 Å². The number of fused-ring (bicyclic) bond motifs is 2. The fourth-order valence-electron chi connectivity index (χ4n) is 2.05. The Morgan fingerprint density at radius 2 is 1.86 bits per heavy atom. The molecule has 0 saturated carbocycles. The predicted octanol–water partition coefficient (Wildman–Crippen LogP) is 0.724. The molecule has 1 aliphatic rings. The second-order valence-electron chi connectivity index (χ2n) is 4.62. The molecule has 3 rings (SSSR count). The quantitative estimate of drug-likeness (QED) is 0.279. The van der Waals surface area contributed by atoms with Gasteiger partial charge in [-0.3, -0.25) is 16.9 Å². The third kappa shape index (κ3) is 2.80. The number of hydrazine groups is 1. The molecule has 1 aliphatic heterocycles. The first-order valence-electron chi connectivity index (χ1n) is 6.40. The van der Waals surface area contributed by atoms with E-state index in [9.17, 15) is 0 Å². The molecule has 106 valence electrons. The van der Waals surface area contributed by atoms with Crippen LogP contribution in [0.2, 0.25) is 0 Å². The number of hydrogen-bond acceptors (Lipinski definition) is 3. The van der Waals surface area contributed by atoms with Crippen LogP contribution in [0.3, 0.4) is 0 Å². The molecule has 0 saturated heterocycles. The third-order valence-corrected chi connectivity index (χ3v) is 4.21. The van der Waals surface area contributed by atoms with Gasteiger partial charge in [-0.25, -0.2) is 0 Å². The van der Waals surface area contributed by atoms with Crippen molar-refractivity contribution in [3.05, 3.63) is 54.6 Å². The first-order chi connectivity index (χ1) is 10.1. The number of hydrazone groups is 1. The lowest BCUT2D eigenvalue weighted by atomic mass is 10.1. The van der Waals surface area contributed by atoms with Crippen LogP contribution in [-0.2, 0) is 0 Å². The standard InChI is InChI=1S/C15H15N5S/c1-9(19-20-15(16)17)10-6-7-14-12(8-10)18-11-4-2-3-5-13(11)21-14/h2-8,18-19H,1H2,(H4,16,17,20)/p+1.